The highest BCUT2D eigenvalue weighted by molar-refractivity contribution is 14.1. The van der Waals surface area contributed by atoms with Gasteiger partial charge in [-0.1, -0.05) is 11.6 Å². The molecule has 2 aromatic rings. The van der Waals surface area contributed by atoms with E-state index in [-0.39, 0.29) is 6.54 Å². The van der Waals surface area contributed by atoms with E-state index < -0.39 is 5.97 Å². The predicted molar refractivity (Wildman–Crippen MR) is 64.8 cm³/mol. The van der Waals surface area contributed by atoms with Crippen molar-refractivity contribution in [3.63, 3.8) is 0 Å². The molecule has 78 valence electrons. The Hall–Kier alpha value is -1.11. The Morgan fingerprint density at radius 1 is 1.60 bits per heavy atom. The van der Waals surface area contributed by atoms with E-state index in [2.05, 4.69) is 27.7 Å². The second kappa shape index (κ2) is 3.80. The molecule has 5 heteroatoms. The summed E-state index contributed by atoms with van der Waals surface area (Å²) < 4.78 is 2.35. The highest BCUT2D eigenvalue weighted by Crippen LogP contribution is 2.21. The number of hydrogen-bond donors (Lipinski definition) is 1. The van der Waals surface area contributed by atoms with Gasteiger partial charge in [0.15, 0.2) is 0 Å². The van der Waals surface area contributed by atoms with Crippen LogP contribution >= 0.6 is 22.6 Å². The Labute approximate surface area is 100 Å². The molecular formula is C10H9IN2O2. The number of carboxylic acid groups (broad SMARTS) is 1. The van der Waals surface area contributed by atoms with E-state index in [1.807, 2.05) is 25.1 Å². The summed E-state index contributed by atoms with van der Waals surface area (Å²) in [5.41, 5.74) is 2.02. The molecule has 4 nitrogen and oxygen atoms in total. The van der Waals surface area contributed by atoms with Gasteiger partial charge in [-0.15, -0.1) is 0 Å². The van der Waals surface area contributed by atoms with Crippen LogP contribution < -0.4 is 0 Å². The Bertz CT molecular complexity index is 533. The van der Waals surface area contributed by atoms with Gasteiger partial charge in [-0.3, -0.25) is 9.48 Å². The second-order valence-electron chi connectivity index (χ2n) is 3.36. The van der Waals surface area contributed by atoms with Gasteiger partial charge in [0.2, 0.25) is 0 Å². The van der Waals surface area contributed by atoms with Gasteiger partial charge in [0, 0.05) is 5.39 Å². The molecule has 0 aliphatic heterocycles. The number of carboxylic acids is 1. The van der Waals surface area contributed by atoms with E-state index in [0.717, 1.165) is 20.2 Å². The van der Waals surface area contributed by atoms with E-state index in [0.29, 0.717) is 0 Å². The number of aliphatic carboxylic acids is 1. The van der Waals surface area contributed by atoms with Crippen molar-refractivity contribution in [2.24, 2.45) is 0 Å². The van der Waals surface area contributed by atoms with Gasteiger partial charge in [0.05, 0.1) is 5.52 Å². The number of halogens is 1. The lowest BCUT2D eigenvalue weighted by Crippen LogP contribution is -2.09. The topological polar surface area (TPSA) is 55.1 Å². The lowest BCUT2D eigenvalue weighted by atomic mass is 10.2. The summed E-state index contributed by atoms with van der Waals surface area (Å²) in [5, 5.41) is 13.9. The van der Waals surface area contributed by atoms with E-state index in [1.165, 1.54) is 4.68 Å². The lowest BCUT2D eigenvalue weighted by Gasteiger charge is -1.98. The monoisotopic (exact) mass is 316 g/mol. The second-order valence-corrected chi connectivity index (χ2v) is 4.38. The molecule has 1 heterocycles. The van der Waals surface area contributed by atoms with Gasteiger partial charge in [0.25, 0.3) is 0 Å². The molecule has 0 unspecified atom stereocenters. The number of benzene rings is 1. The predicted octanol–water partition coefficient (Wildman–Crippen LogP) is 2.03. The summed E-state index contributed by atoms with van der Waals surface area (Å²) in [4.78, 5) is 10.6. The number of fused-ring (bicyclic) bond motifs is 1. The summed E-state index contributed by atoms with van der Waals surface area (Å²) in [6.07, 6.45) is 0. The third kappa shape index (κ3) is 1.97. The van der Waals surface area contributed by atoms with Crippen LogP contribution in [0.3, 0.4) is 0 Å². The number of aromatic nitrogens is 2. The Balaban J connectivity index is 2.62. The molecule has 0 amide bonds. The van der Waals surface area contributed by atoms with Crippen LogP contribution in [-0.2, 0) is 11.3 Å². The first kappa shape index (κ1) is 10.4. The van der Waals surface area contributed by atoms with Gasteiger partial charge in [-0.2, -0.15) is 5.10 Å². The smallest absolute Gasteiger partial charge is 0.325 e. The molecule has 1 N–H and O–H groups in total. The minimum atomic E-state index is -0.878. The average Bonchev–Trinajstić information content (AvgIpc) is 2.42. The zero-order chi connectivity index (χ0) is 11.0. The number of carbonyl (C=O) groups is 1. The van der Waals surface area contributed by atoms with Crippen molar-refractivity contribution >= 4 is 39.5 Å². The maximum Gasteiger partial charge on any atom is 0.325 e. The fraction of sp³-hybridized carbons (Fsp3) is 0.200. The highest BCUT2D eigenvalue weighted by atomic mass is 127. The van der Waals surface area contributed by atoms with E-state index in [9.17, 15) is 4.79 Å². The molecule has 0 spiro atoms. The van der Waals surface area contributed by atoms with E-state index >= 15 is 0 Å². The van der Waals surface area contributed by atoms with Crippen LogP contribution in [0, 0.1) is 10.6 Å². The zero-order valence-corrected chi connectivity index (χ0v) is 10.2. The highest BCUT2D eigenvalue weighted by Gasteiger charge is 2.10. The molecule has 0 atom stereocenters. The van der Waals surface area contributed by atoms with Crippen LogP contribution in [-0.4, -0.2) is 20.9 Å². The molecule has 0 aliphatic carbocycles. The first-order chi connectivity index (χ1) is 7.08. The number of rotatable bonds is 2. The van der Waals surface area contributed by atoms with Gasteiger partial charge >= 0.3 is 5.97 Å². The van der Waals surface area contributed by atoms with Crippen molar-refractivity contribution in [3.8, 4) is 0 Å². The fourth-order valence-electron chi connectivity index (χ4n) is 1.50. The zero-order valence-electron chi connectivity index (χ0n) is 8.07. The first-order valence-electron chi connectivity index (χ1n) is 4.42. The summed E-state index contributed by atoms with van der Waals surface area (Å²) in [5.74, 6) is -0.878. The summed E-state index contributed by atoms with van der Waals surface area (Å²) in [6.45, 7) is 1.91. The molecule has 0 radical (unpaired) electrons. The van der Waals surface area contributed by atoms with E-state index in [1.54, 1.807) is 0 Å². The van der Waals surface area contributed by atoms with Crippen LogP contribution in [0.25, 0.3) is 10.9 Å². The van der Waals surface area contributed by atoms with Crippen LogP contribution in [0.15, 0.2) is 18.2 Å². The van der Waals surface area contributed by atoms with Gasteiger partial charge in [-0.05, 0) is 41.6 Å². The molecule has 0 aliphatic rings. The standard InChI is InChI=1S/C10H9IN2O2/c1-6-2-3-8-7(4-6)10(11)12-13(8)5-9(14)15/h2-4H,5H2,1H3,(H,14,15). The number of aryl methyl sites for hydroxylation is 1. The molecular weight excluding hydrogens is 307 g/mol. The molecule has 1 aromatic heterocycles. The van der Waals surface area contributed by atoms with Gasteiger partial charge in [-0.25, -0.2) is 0 Å². The average molecular weight is 316 g/mol. The lowest BCUT2D eigenvalue weighted by molar-refractivity contribution is -0.137. The van der Waals surface area contributed by atoms with Gasteiger partial charge < -0.3 is 5.11 Å². The molecule has 0 saturated carbocycles. The van der Waals surface area contributed by atoms with Crippen LogP contribution in [0.5, 0.6) is 0 Å². The number of nitrogens with zero attached hydrogens (tertiary/aromatic N) is 2. The Morgan fingerprint density at radius 3 is 3.00 bits per heavy atom. The minimum Gasteiger partial charge on any atom is -0.480 e. The third-order valence-corrected chi connectivity index (χ3v) is 2.94. The quantitative estimate of drug-likeness (QED) is 0.863. The number of hydrogen-bond acceptors (Lipinski definition) is 2. The van der Waals surface area contributed by atoms with Gasteiger partial charge in [0.1, 0.15) is 10.2 Å². The Morgan fingerprint density at radius 2 is 2.33 bits per heavy atom. The maximum absolute atomic E-state index is 10.6. The van der Waals surface area contributed by atoms with Crippen molar-refractivity contribution in [1.82, 2.24) is 9.78 Å². The van der Waals surface area contributed by atoms with Crippen LogP contribution in [0.1, 0.15) is 5.56 Å². The normalized spacial score (nSPS) is 10.8. The van der Waals surface area contributed by atoms with Crippen molar-refractivity contribution < 1.29 is 9.90 Å². The molecule has 2 rings (SSSR count). The van der Waals surface area contributed by atoms with Crippen molar-refractivity contribution in [2.75, 3.05) is 0 Å². The molecule has 0 saturated heterocycles. The van der Waals surface area contributed by atoms with Crippen LogP contribution in [0.4, 0.5) is 0 Å². The summed E-state index contributed by atoms with van der Waals surface area (Å²) in [6, 6.07) is 5.88. The molecule has 1 aromatic carbocycles. The van der Waals surface area contributed by atoms with Crippen molar-refractivity contribution in [3.05, 3.63) is 27.5 Å². The third-order valence-electron chi connectivity index (χ3n) is 2.15. The first-order valence-corrected chi connectivity index (χ1v) is 5.50. The summed E-state index contributed by atoms with van der Waals surface area (Å²) in [7, 11) is 0. The summed E-state index contributed by atoms with van der Waals surface area (Å²) >= 11 is 2.12. The Kier molecular flexibility index (Phi) is 2.64. The SMILES string of the molecule is Cc1ccc2c(c1)c(I)nn2CC(=O)O. The minimum absolute atomic E-state index is 0.0947. The largest absolute Gasteiger partial charge is 0.480 e. The van der Waals surface area contributed by atoms with Crippen molar-refractivity contribution in [2.45, 2.75) is 13.5 Å². The van der Waals surface area contributed by atoms with Crippen molar-refractivity contribution in [1.29, 1.82) is 0 Å². The fourth-order valence-corrected chi connectivity index (χ4v) is 2.20. The maximum atomic E-state index is 10.6. The molecule has 0 bridgehead atoms. The van der Waals surface area contributed by atoms with E-state index in [4.69, 9.17) is 5.11 Å². The van der Waals surface area contributed by atoms with Crippen LogP contribution in [0.2, 0.25) is 0 Å². The molecule has 0 fully saturated rings. The molecule has 15 heavy (non-hydrogen) atoms.